The molecule has 0 saturated heterocycles. The molecule has 86 valence electrons. The van der Waals surface area contributed by atoms with E-state index in [1.165, 1.54) is 6.07 Å². The van der Waals surface area contributed by atoms with E-state index >= 15 is 0 Å². The molecule has 2 nitrogen and oxygen atoms in total. The minimum absolute atomic E-state index is 0.0574. The second kappa shape index (κ2) is 5.18. The minimum Gasteiger partial charge on any atom is -0.302 e. The lowest BCUT2D eigenvalue weighted by molar-refractivity contribution is -0.137. The van der Waals surface area contributed by atoms with Gasteiger partial charge in [-0.15, -0.1) is 0 Å². The van der Waals surface area contributed by atoms with Crippen molar-refractivity contribution in [3.63, 3.8) is 0 Å². The fourth-order valence-electron chi connectivity index (χ4n) is 1.12. The summed E-state index contributed by atoms with van der Waals surface area (Å²) in [5.41, 5.74) is -0.972. The van der Waals surface area contributed by atoms with Gasteiger partial charge in [-0.25, -0.2) is 0 Å². The van der Waals surface area contributed by atoms with Crippen molar-refractivity contribution in [1.82, 2.24) is 0 Å². The average molecular weight is 237 g/mol. The number of aldehydes is 1. The molecule has 0 spiro atoms. The number of benzene rings is 1. The van der Waals surface area contributed by atoms with Gasteiger partial charge in [0.05, 0.1) is 23.6 Å². The molecule has 0 amide bonds. The lowest BCUT2D eigenvalue weighted by atomic mass is 10.1. The zero-order valence-corrected chi connectivity index (χ0v) is 8.51. The number of rotatable bonds is 1. The Kier molecular flexibility index (Phi) is 3.90. The van der Waals surface area contributed by atoms with Crippen molar-refractivity contribution < 1.29 is 18.0 Å². The molecule has 0 N–H and O–H groups in total. The van der Waals surface area contributed by atoms with Crippen LogP contribution in [0.4, 0.5) is 13.2 Å². The molecule has 0 aliphatic rings. The zero-order valence-electron chi connectivity index (χ0n) is 8.51. The number of hydrogen-bond donors (Lipinski definition) is 0. The quantitative estimate of drug-likeness (QED) is 0.556. The Labute approximate surface area is 95.7 Å². The normalized spacial score (nSPS) is 10.0. The van der Waals surface area contributed by atoms with Gasteiger partial charge in [0.1, 0.15) is 6.29 Å². The number of carbonyl (C=O) groups is 1. The molecule has 5 heteroatoms. The molecule has 0 heterocycles. The van der Waals surface area contributed by atoms with Gasteiger partial charge in [0, 0.05) is 5.56 Å². The van der Waals surface area contributed by atoms with Crippen molar-refractivity contribution in [2.75, 3.05) is 0 Å². The van der Waals surface area contributed by atoms with Crippen molar-refractivity contribution >= 4 is 6.29 Å². The molecule has 0 aliphatic heterocycles. The van der Waals surface area contributed by atoms with Crippen LogP contribution < -0.4 is 0 Å². The van der Waals surface area contributed by atoms with Gasteiger partial charge in [0.15, 0.2) is 0 Å². The molecule has 1 rings (SSSR count). The van der Waals surface area contributed by atoms with E-state index in [1.54, 1.807) is 6.07 Å². The van der Waals surface area contributed by atoms with Crippen LogP contribution in [0.1, 0.15) is 23.1 Å². The second-order valence-electron chi connectivity index (χ2n) is 3.08. The molecular formula is C12H6F3NO. The van der Waals surface area contributed by atoms with Crippen LogP contribution in [0.25, 0.3) is 0 Å². The zero-order chi connectivity index (χ0) is 12.9. The summed E-state index contributed by atoms with van der Waals surface area (Å²) in [6.45, 7) is 0. The van der Waals surface area contributed by atoms with Crippen LogP contribution in [0.2, 0.25) is 0 Å². The molecular weight excluding hydrogens is 231 g/mol. The molecule has 0 bridgehead atoms. The van der Waals surface area contributed by atoms with Crippen LogP contribution >= 0.6 is 0 Å². The Morgan fingerprint density at radius 1 is 1.24 bits per heavy atom. The van der Waals surface area contributed by atoms with E-state index in [0.29, 0.717) is 6.29 Å². The standard InChI is InChI=1S/C12H6F3NO/c13-12(14,15)11-6-9(3-1-2-4-17)5-10(7-11)8-16/h4-7H,2H2. The summed E-state index contributed by atoms with van der Waals surface area (Å²) in [5.74, 6) is 4.79. The SMILES string of the molecule is N#Cc1cc(C#CCC=O)cc(C(F)(F)F)c1. The van der Waals surface area contributed by atoms with Crippen LogP contribution in [-0.2, 0) is 11.0 Å². The fraction of sp³-hybridized carbons (Fsp3) is 0.167. The molecule has 0 fully saturated rings. The van der Waals surface area contributed by atoms with E-state index in [4.69, 9.17) is 5.26 Å². The second-order valence-corrected chi connectivity index (χ2v) is 3.08. The molecule has 0 saturated carbocycles. The van der Waals surface area contributed by atoms with Gasteiger partial charge in [-0.3, -0.25) is 0 Å². The Bertz CT molecular complexity index is 529. The maximum atomic E-state index is 12.5. The molecule has 0 aromatic heterocycles. The predicted octanol–water partition coefficient (Wildman–Crippen LogP) is 2.52. The van der Waals surface area contributed by atoms with E-state index in [0.717, 1.165) is 12.1 Å². The lowest BCUT2D eigenvalue weighted by Gasteiger charge is -2.07. The van der Waals surface area contributed by atoms with Gasteiger partial charge in [-0.05, 0) is 18.2 Å². The third kappa shape index (κ3) is 3.66. The summed E-state index contributed by atoms with van der Waals surface area (Å²) < 4.78 is 37.4. The number of alkyl halides is 3. The van der Waals surface area contributed by atoms with Gasteiger partial charge in [-0.2, -0.15) is 18.4 Å². The summed E-state index contributed by atoms with van der Waals surface area (Å²) in [4.78, 5) is 10.0. The first-order chi connectivity index (χ1) is 7.97. The first kappa shape index (κ1) is 12.8. The predicted molar refractivity (Wildman–Crippen MR) is 53.7 cm³/mol. The highest BCUT2D eigenvalue weighted by Crippen LogP contribution is 2.30. The molecule has 0 aliphatic carbocycles. The Hall–Kier alpha value is -2.27. The van der Waals surface area contributed by atoms with Crippen LogP contribution in [0, 0.1) is 23.2 Å². The van der Waals surface area contributed by atoms with Gasteiger partial charge in [0.2, 0.25) is 0 Å². The number of nitriles is 1. The molecule has 1 aromatic rings. The highest BCUT2D eigenvalue weighted by atomic mass is 19.4. The first-order valence-corrected chi connectivity index (χ1v) is 4.52. The topological polar surface area (TPSA) is 40.9 Å². The highest BCUT2D eigenvalue weighted by Gasteiger charge is 2.31. The van der Waals surface area contributed by atoms with Crippen LogP contribution in [0.5, 0.6) is 0 Å². The van der Waals surface area contributed by atoms with E-state index in [9.17, 15) is 18.0 Å². The van der Waals surface area contributed by atoms with E-state index in [-0.39, 0.29) is 17.5 Å². The number of carbonyl (C=O) groups excluding carboxylic acids is 1. The van der Waals surface area contributed by atoms with Crippen LogP contribution in [0.3, 0.4) is 0 Å². The van der Waals surface area contributed by atoms with Gasteiger partial charge < -0.3 is 4.79 Å². The van der Waals surface area contributed by atoms with Crippen molar-refractivity contribution in [1.29, 1.82) is 5.26 Å². The Balaban J connectivity index is 3.21. The summed E-state index contributed by atoms with van der Waals surface area (Å²) in [7, 11) is 0. The average Bonchev–Trinajstić information content (AvgIpc) is 2.28. The van der Waals surface area contributed by atoms with Crippen molar-refractivity contribution in [3.8, 4) is 17.9 Å². The lowest BCUT2D eigenvalue weighted by Crippen LogP contribution is -2.05. The molecule has 17 heavy (non-hydrogen) atoms. The van der Waals surface area contributed by atoms with E-state index in [2.05, 4.69) is 11.8 Å². The molecule has 1 aromatic carbocycles. The molecule has 0 atom stereocenters. The van der Waals surface area contributed by atoms with Crippen LogP contribution in [-0.4, -0.2) is 6.29 Å². The Morgan fingerprint density at radius 3 is 2.41 bits per heavy atom. The fourth-order valence-corrected chi connectivity index (χ4v) is 1.12. The number of halogens is 3. The van der Waals surface area contributed by atoms with Gasteiger partial charge >= 0.3 is 6.18 Å². The number of nitrogens with zero attached hydrogens (tertiary/aromatic N) is 1. The summed E-state index contributed by atoms with van der Waals surface area (Å²) in [6.07, 6.45) is -4.03. The monoisotopic (exact) mass is 237 g/mol. The number of hydrogen-bond acceptors (Lipinski definition) is 2. The van der Waals surface area contributed by atoms with Gasteiger partial charge in [0.25, 0.3) is 0 Å². The summed E-state index contributed by atoms with van der Waals surface area (Å²) >= 11 is 0. The van der Waals surface area contributed by atoms with E-state index in [1.807, 2.05) is 0 Å². The summed E-state index contributed by atoms with van der Waals surface area (Å²) in [5, 5.41) is 8.60. The summed E-state index contributed by atoms with van der Waals surface area (Å²) in [6, 6.07) is 4.48. The maximum Gasteiger partial charge on any atom is 0.416 e. The van der Waals surface area contributed by atoms with E-state index < -0.39 is 11.7 Å². The van der Waals surface area contributed by atoms with Crippen LogP contribution in [0.15, 0.2) is 18.2 Å². The third-order valence-electron chi connectivity index (χ3n) is 1.81. The van der Waals surface area contributed by atoms with Gasteiger partial charge in [-0.1, -0.05) is 11.8 Å². The smallest absolute Gasteiger partial charge is 0.302 e. The first-order valence-electron chi connectivity index (χ1n) is 4.52. The van der Waals surface area contributed by atoms with Crippen molar-refractivity contribution in [2.45, 2.75) is 12.6 Å². The maximum absolute atomic E-state index is 12.5. The van der Waals surface area contributed by atoms with Crippen molar-refractivity contribution in [3.05, 3.63) is 34.9 Å². The Morgan fingerprint density at radius 2 is 1.88 bits per heavy atom. The molecule has 0 radical (unpaired) electrons. The van der Waals surface area contributed by atoms with Crippen molar-refractivity contribution in [2.24, 2.45) is 0 Å². The third-order valence-corrected chi connectivity index (χ3v) is 1.81. The highest BCUT2D eigenvalue weighted by molar-refractivity contribution is 5.55. The molecule has 0 unspecified atom stereocenters. The largest absolute Gasteiger partial charge is 0.416 e. The minimum atomic E-state index is -4.52.